The molecule has 142 valence electrons. The minimum atomic E-state index is -0.0154. The zero-order valence-corrected chi connectivity index (χ0v) is 17.0. The Kier molecular flexibility index (Phi) is 4.96. The number of nitrogens with one attached hydrogen (secondary N) is 1. The first-order valence-corrected chi connectivity index (χ1v) is 10.1. The van der Waals surface area contributed by atoms with Gasteiger partial charge >= 0.3 is 0 Å². The van der Waals surface area contributed by atoms with E-state index >= 15 is 0 Å². The molecule has 0 aliphatic carbocycles. The summed E-state index contributed by atoms with van der Waals surface area (Å²) in [7, 11) is 0. The lowest BCUT2D eigenvalue weighted by molar-refractivity contribution is -0.116. The highest BCUT2D eigenvalue weighted by Gasteiger charge is 2.09. The highest BCUT2D eigenvalue weighted by atomic mass is 32.1. The van der Waals surface area contributed by atoms with Crippen LogP contribution in [0.25, 0.3) is 15.9 Å². The molecule has 28 heavy (non-hydrogen) atoms. The van der Waals surface area contributed by atoms with Crippen molar-refractivity contribution in [2.75, 3.05) is 5.32 Å². The molecule has 0 atom stereocenters. The van der Waals surface area contributed by atoms with E-state index in [4.69, 9.17) is 0 Å². The standard InChI is InChI=1S/C22H22N4OS/c1-14-4-10-19-20(12-14)28-22(23-19)24-21(27)11-7-17-5-8-18(9-6-17)26-16(3)13-15(2)25-26/h4-6,8-10,12-13H,7,11H2,1-3H3,(H,23,24,27). The minimum absolute atomic E-state index is 0.0154. The predicted octanol–water partition coefficient (Wildman–Crippen LogP) is 4.98. The van der Waals surface area contributed by atoms with Crippen molar-refractivity contribution in [2.24, 2.45) is 0 Å². The third-order valence-electron chi connectivity index (χ3n) is 4.62. The van der Waals surface area contributed by atoms with E-state index in [2.05, 4.69) is 46.6 Å². The number of anilines is 1. The van der Waals surface area contributed by atoms with Gasteiger partial charge in [-0.25, -0.2) is 9.67 Å². The molecule has 4 aromatic rings. The Hall–Kier alpha value is -2.99. The van der Waals surface area contributed by atoms with Crippen molar-refractivity contribution in [1.29, 1.82) is 0 Å². The van der Waals surface area contributed by atoms with Gasteiger partial charge < -0.3 is 5.32 Å². The lowest BCUT2D eigenvalue weighted by Gasteiger charge is -2.06. The monoisotopic (exact) mass is 390 g/mol. The molecule has 1 N–H and O–H groups in total. The van der Waals surface area contributed by atoms with E-state index in [0.717, 1.165) is 32.9 Å². The molecular weight excluding hydrogens is 368 g/mol. The van der Waals surface area contributed by atoms with E-state index in [0.29, 0.717) is 18.0 Å². The van der Waals surface area contributed by atoms with Gasteiger partial charge in [0.1, 0.15) is 0 Å². The van der Waals surface area contributed by atoms with E-state index in [-0.39, 0.29) is 5.91 Å². The molecule has 0 aliphatic rings. The number of thiazole rings is 1. The summed E-state index contributed by atoms with van der Waals surface area (Å²) in [4.78, 5) is 16.8. The average molecular weight is 391 g/mol. The minimum Gasteiger partial charge on any atom is -0.302 e. The lowest BCUT2D eigenvalue weighted by Crippen LogP contribution is -2.12. The number of benzene rings is 2. The maximum atomic E-state index is 12.3. The second-order valence-corrected chi connectivity index (χ2v) is 8.07. The Morgan fingerprint density at radius 3 is 2.57 bits per heavy atom. The zero-order valence-electron chi connectivity index (χ0n) is 16.2. The summed E-state index contributed by atoms with van der Waals surface area (Å²) >= 11 is 1.51. The normalized spacial score (nSPS) is 11.1. The van der Waals surface area contributed by atoms with Gasteiger partial charge in [0.15, 0.2) is 5.13 Å². The molecule has 0 saturated carbocycles. The van der Waals surface area contributed by atoms with Crippen LogP contribution in [0.3, 0.4) is 0 Å². The van der Waals surface area contributed by atoms with Gasteiger partial charge in [-0.3, -0.25) is 4.79 Å². The van der Waals surface area contributed by atoms with Crippen LogP contribution in [0.2, 0.25) is 0 Å². The molecule has 0 spiro atoms. The summed E-state index contributed by atoms with van der Waals surface area (Å²) in [5, 5.41) is 8.08. The molecule has 0 saturated heterocycles. The summed E-state index contributed by atoms with van der Waals surface area (Å²) in [5.41, 5.74) is 6.38. The van der Waals surface area contributed by atoms with Crippen molar-refractivity contribution >= 4 is 32.6 Å². The summed E-state index contributed by atoms with van der Waals surface area (Å²) in [6.45, 7) is 6.09. The topological polar surface area (TPSA) is 59.8 Å². The molecule has 2 aromatic heterocycles. The van der Waals surface area contributed by atoms with Crippen molar-refractivity contribution in [2.45, 2.75) is 33.6 Å². The molecule has 0 fully saturated rings. The Bertz CT molecular complexity index is 1140. The highest BCUT2D eigenvalue weighted by Crippen LogP contribution is 2.26. The van der Waals surface area contributed by atoms with E-state index in [1.807, 2.05) is 42.8 Å². The van der Waals surface area contributed by atoms with Crippen LogP contribution in [0.1, 0.15) is 28.9 Å². The molecule has 0 bridgehead atoms. The molecule has 0 radical (unpaired) electrons. The number of fused-ring (bicyclic) bond motifs is 1. The first-order valence-electron chi connectivity index (χ1n) is 9.27. The van der Waals surface area contributed by atoms with Crippen molar-refractivity contribution < 1.29 is 4.79 Å². The van der Waals surface area contributed by atoms with E-state index in [1.54, 1.807) is 0 Å². The molecule has 2 aromatic carbocycles. The molecule has 0 unspecified atom stereocenters. The number of hydrogen-bond acceptors (Lipinski definition) is 4. The zero-order chi connectivity index (χ0) is 19.7. The predicted molar refractivity (Wildman–Crippen MR) is 114 cm³/mol. The smallest absolute Gasteiger partial charge is 0.226 e. The van der Waals surface area contributed by atoms with Crippen molar-refractivity contribution in [3.05, 3.63) is 71.0 Å². The number of carbonyl (C=O) groups is 1. The number of hydrogen-bond donors (Lipinski definition) is 1. The van der Waals surface area contributed by atoms with Crippen LogP contribution in [0.15, 0.2) is 48.5 Å². The SMILES string of the molecule is Cc1ccc2nc(NC(=O)CCc3ccc(-n4nc(C)cc4C)cc3)sc2c1. The number of aromatic nitrogens is 3. The van der Waals surface area contributed by atoms with Gasteiger partial charge in [0, 0.05) is 12.1 Å². The van der Waals surface area contributed by atoms with E-state index < -0.39 is 0 Å². The van der Waals surface area contributed by atoms with Crippen LogP contribution in [0.5, 0.6) is 0 Å². The van der Waals surface area contributed by atoms with Crippen molar-refractivity contribution in [1.82, 2.24) is 14.8 Å². The summed E-state index contributed by atoms with van der Waals surface area (Å²) < 4.78 is 3.02. The molecule has 6 heteroatoms. The maximum absolute atomic E-state index is 12.3. The van der Waals surface area contributed by atoms with Crippen LogP contribution in [-0.4, -0.2) is 20.7 Å². The Labute approximate surface area is 168 Å². The van der Waals surface area contributed by atoms with Crippen LogP contribution < -0.4 is 5.32 Å². The summed E-state index contributed by atoms with van der Waals surface area (Å²) in [5.74, 6) is -0.0154. The van der Waals surface area contributed by atoms with Gasteiger partial charge in [0.05, 0.1) is 21.6 Å². The number of nitrogens with zero attached hydrogens (tertiary/aromatic N) is 3. The summed E-state index contributed by atoms with van der Waals surface area (Å²) in [6, 6.07) is 16.4. The highest BCUT2D eigenvalue weighted by molar-refractivity contribution is 7.22. The van der Waals surface area contributed by atoms with E-state index in [9.17, 15) is 4.79 Å². The van der Waals surface area contributed by atoms with E-state index in [1.165, 1.54) is 16.9 Å². The van der Waals surface area contributed by atoms with Crippen LogP contribution in [0.4, 0.5) is 5.13 Å². The van der Waals surface area contributed by atoms with Crippen molar-refractivity contribution in [3.8, 4) is 5.69 Å². The van der Waals surface area contributed by atoms with Gasteiger partial charge in [0.25, 0.3) is 0 Å². The van der Waals surface area contributed by atoms with Gasteiger partial charge in [0.2, 0.25) is 5.91 Å². The fraction of sp³-hybridized carbons (Fsp3) is 0.227. The van der Waals surface area contributed by atoms with Crippen molar-refractivity contribution in [3.63, 3.8) is 0 Å². The van der Waals surface area contributed by atoms with Gasteiger partial charge in [-0.15, -0.1) is 0 Å². The van der Waals surface area contributed by atoms with Crippen LogP contribution >= 0.6 is 11.3 Å². The second kappa shape index (κ2) is 7.56. The third kappa shape index (κ3) is 3.97. The van der Waals surface area contributed by atoms with Gasteiger partial charge in [-0.1, -0.05) is 29.5 Å². The van der Waals surface area contributed by atoms with Crippen LogP contribution in [-0.2, 0) is 11.2 Å². The Balaban J connectivity index is 1.37. The molecule has 4 rings (SSSR count). The fourth-order valence-corrected chi connectivity index (χ4v) is 4.20. The second-order valence-electron chi connectivity index (χ2n) is 7.04. The van der Waals surface area contributed by atoms with Gasteiger partial charge in [-0.05, 0) is 68.7 Å². The number of amides is 1. The fourth-order valence-electron chi connectivity index (χ4n) is 3.22. The van der Waals surface area contributed by atoms with Crippen LogP contribution in [0, 0.1) is 20.8 Å². The Morgan fingerprint density at radius 2 is 1.86 bits per heavy atom. The molecule has 1 amide bonds. The maximum Gasteiger partial charge on any atom is 0.226 e. The lowest BCUT2D eigenvalue weighted by atomic mass is 10.1. The van der Waals surface area contributed by atoms with Gasteiger partial charge in [-0.2, -0.15) is 5.10 Å². The first-order chi connectivity index (χ1) is 13.5. The number of carbonyl (C=O) groups excluding carboxylic acids is 1. The quantitative estimate of drug-likeness (QED) is 0.523. The average Bonchev–Trinajstić information content (AvgIpc) is 3.21. The summed E-state index contributed by atoms with van der Waals surface area (Å²) in [6.07, 6.45) is 1.11. The molecule has 5 nitrogen and oxygen atoms in total. The number of rotatable bonds is 5. The first kappa shape index (κ1) is 18.4. The molecular formula is C22H22N4OS. The molecule has 2 heterocycles. The third-order valence-corrected chi connectivity index (χ3v) is 5.56. The number of aryl methyl sites for hydroxylation is 4. The largest absolute Gasteiger partial charge is 0.302 e. The molecule has 0 aliphatic heterocycles. The Morgan fingerprint density at radius 1 is 1.07 bits per heavy atom.